The van der Waals surface area contributed by atoms with E-state index in [0.717, 1.165) is 31.4 Å². The Morgan fingerprint density at radius 1 is 0.536 bits per heavy atom. The highest BCUT2D eigenvalue weighted by atomic mass is 15.0. The lowest BCUT2D eigenvalue weighted by Gasteiger charge is -2.16. The Morgan fingerprint density at radius 2 is 1.12 bits per heavy atom. The van der Waals surface area contributed by atoms with Gasteiger partial charge in [0.15, 0.2) is 0 Å². The molecule has 0 aliphatic heterocycles. The number of hydrogen-bond donors (Lipinski definition) is 0. The lowest BCUT2D eigenvalue weighted by molar-refractivity contribution is 0.537. The summed E-state index contributed by atoms with van der Waals surface area (Å²) in [5.74, 6) is 0.626. The molecule has 276 valence electrons. The summed E-state index contributed by atoms with van der Waals surface area (Å²) in [6, 6.07) is 47.8. The van der Waals surface area contributed by atoms with Gasteiger partial charge in [0.05, 0.1) is 16.9 Å². The first-order valence-electron chi connectivity index (χ1n) is 20.3. The van der Waals surface area contributed by atoms with E-state index in [1.54, 1.807) is 0 Å². The molecular formula is C54H50N2. The number of hydrogen-bond acceptors (Lipinski definition) is 0. The topological polar surface area (TPSA) is 9.86 Å². The van der Waals surface area contributed by atoms with Crippen molar-refractivity contribution in [3.8, 4) is 44.9 Å². The van der Waals surface area contributed by atoms with Crippen molar-refractivity contribution < 1.29 is 0 Å². The lowest BCUT2D eigenvalue weighted by atomic mass is 9.94. The van der Waals surface area contributed by atoms with Crippen LogP contribution in [0.15, 0.2) is 169 Å². The van der Waals surface area contributed by atoms with Gasteiger partial charge in [-0.3, -0.25) is 0 Å². The molecule has 0 N–H and O–H groups in total. The summed E-state index contributed by atoms with van der Waals surface area (Å²) in [6.07, 6.45) is 19.2. The molecule has 7 aromatic rings. The molecule has 0 amide bonds. The average Bonchev–Trinajstić information content (AvgIpc) is 3.73. The predicted molar refractivity (Wildman–Crippen MR) is 239 cm³/mol. The number of aryl methyl sites for hydroxylation is 2. The Labute approximate surface area is 332 Å². The molecule has 0 fully saturated rings. The average molecular weight is 727 g/mol. The highest BCUT2D eigenvalue weighted by Gasteiger charge is 2.21. The SMILES string of the molecule is CC1=CCC=C(c2ccc(-c3ccc(C)cc3)n2-c2ccc(-c3ccc(-n4c5c(c6cc(-c7ccc(C)cc7)ccc64)CC(C)CC/C=C\C5)cc3)cc2)C=C1. The van der Waals surface area contributed by atoms with Crippen molar-refractivity contribution >= 4 is 16.5 Å². The fourth-order valence-corrected chi connectivity index (χ4v) is 8.63. The number of aromatic nitrogens is 2. The van der Waals surface area contributed by atoms with E-state index in [4.69, 9.17) is 0 Å². The van der Waals surface area contributed by atoms with Crippen LogP contribution in [-0.2, 0) is 12.8 Å². The van der Waals surface area contributed by atoms with Crippen molar-refractivity contribution in [3.63, 3.8) is 0 Å². The molecule has 1 atom stereocenters. The summed E-state index contributed by atoms with van der Waals surface area (Å²) in [5.41, 5.74) is 20.3. The second-order valence-corrected chi connectivity index (χ2v) is 16.0. The third kappa shape index (κ3) is 6.97. The van der Waals surface area contributed by atoms with Crippen molar-refractivity contribution in [2.75, 3.05) is 0 Å². The van der Waals surface area contributed by atoms with Crippen molar-refractivity contribution in [2.45, 2.75) is 59.8 Å². The molecule has 0 bridgehead atoms. The number of allylic oxidation sites excluding steroid dienone is 8. The molecule has 0 saturated heterocycles. The molecule has 1 unspecified atom stereocenters. The maximum Gasteiger partial charge on any atom is 0.0535 e. The fraction of sp³-hybridized carbons (Fsp3) is 0.185. The van der Waals surface area contributed by atoms with Gasteiger partial charge in [0.25, 0.3) is 0 Å². The van der Waals surface area contributed by atoms with Crippen LogP contribution in [0.5, 0.6) is 0 Å². The van der Waals surface area contributed by atoms with Crippen LogP contribution in [0.25, 0.3) is 61.4 Å². The number of nitrogens with zero attached hydrogens (tertiary/aromatic N) is 2. The van der Waals surface area contributed by atoms with Crippen LogP contribution in [0, 0.1) is 19.8 Å². The van der Waals surface area contributed by atoms with Gasteiger partial charge in [0, 0.05) is 28.9 Å². The van der Waals surface area contributed by atoms with E-state index in [-0.39, 0.29) is 0 Å². The molecule has 2 heterocycles. The maximum atomic E-state index is 2.53. The standard InChI is InChI=1S/C54H50N2/c1-37-10-8-11-44(20-15-37)51-33-34-52(45-21-16-39(3)17-22-45)55(51)47-28-23-41(24-29-47)42-25-30-48(31-26-42)56-53-12-7-5-6-9-40(4)35-49(53)50-36-46(27-32-54(50)56)43-18-13-38(2)14-19-43/h5,7,10-11,13-34,36,40H,6,8-9,12,35H2,1-4H3/b7-5-. The van der Waals surface area contributed by atoms with Gasteiger partial charge in [-0.2, -0.15) is 0 Å². The van der Waals surface area contributed by atoms with Gasteiger partial charge >= 0.3 is 0 Å². The van der Waals surface area contributed by atoms with Gasteiger partial charge in [-0.15, -0.1) is 0 Å². The van der Waals surface area contributed by atoms with Crippen molar-refractivity contribution in [1.29, 1.82) is 0 Å². The van der Waals surface area contributed by atoms with Gasteiger partial charge in [0.2, 0.25) is 0 Å². The van der Waals surface area contributed by atoms with Crippen molar-refractivity contribution in [3.05, 3.63) is 198 Å². The largest absolute Gasteiger partial charge is 0.313 e. The van der Waals surface area contributed by atoms with Crippen LogP contribution < -0.4 is 0 Å². The van der Waals surface area contributed by atoms with Gasteiger partial charge < -0.3 is 9.13 Å². The Morgan fingerprint density at radius 3 is 1.82 bits per heavy atom. The molecule has 2 aliphatic rings. The van der Waals surface area contributed by atoms with Crippen LogP contribution in [0.2, 0.25) is 0 Å². The van der Waals surface area contributed by atoms with Gasteiger partial charge in [-0.05, 0) is 140 Å². The minimum absolute atomic E-state index is 0.626. The third-order valence-electron chi connectivity index (χ3n) is 11.8. The molecule has 2 nitrogen and oxygen atoms in total. The second-order valence-electron chi connectivity index (χ2n) is 16.0. The second kappa shape index (κ2) is 15.2. The highest BCUT2D eigenvalue weighted by Crippen LogP contribution is 2.38. The van der Waals surface area contributed by atoms with Crippen molar-refractivity contribution in [2.24, 2.45) is 5.92 Å². The molecule has 2 aromatic heterocycles. The molecular weight excluding hydrogens is 677 g/mol. The lowest BCUT2D eigenvalue weighted by Crippen LogP contribution is -2.04. The summed E-state index contributed by atoms with van der Waals surface area (Å²) < 4.78 is 4.95. The molecule has 0 radical (unpaired) electrons. The molecule has 9 rings (SSSR count). The first-order valence-corrected chi connectivity index (χ1v) is 20.3. The Bertz CT molecular complexity index is 2650. The van der Waals surface area contributed by atoms with Gasteiger partial charge in [-0.1, -0.05) is 139 Å². The van der Waals surface area contributed by atoms with Crippen LogP contribution in [0.1, 0.15) is 61.2 Å². The molecule has 5 aromatic carbocycles. The Hall–Kier alpha value is -6.12. The molecule has 2 aliphatic carbocycles. The van der Waals surface area contributed by atoms with Crippen molar-refractivity contribution in [1.82, 2.24) is 9.13 Å². The Kier molecular flexibility index (Phi) is 9.65. The zero-order valence-corrected chi connectivity index (χ0v) is 33.1. The normalized spacial score (nSPS) is 16.3. The summed E-state index contributed by atoms with van der Waals surface area (Å²) in [6.45, 7) is 8.89. The first kappa shape index (κ1) is 35.6. The van der Waals surface area contributed by atoms with Crippen LogP contribution >= 0.6 is 0 Å². The molecule has 0 saturated carbocycles. The zero-order chi connectivity index (χ0) is 38.2. The van der Waals surface area contributed by atoms with E-state index in [0.29, 0.717) is 5.92 Å². The maximum absolute atomic E-state index is 2.53. The van der Waals surface area contributed by atoms with Crippen LogP contribution in [0.3, 0.4) is 0 Å². The Balaban J connectivity index is 1.08. The summed E-state index contributed by atoms with van der Waals surface area (Å²) >= 11 is 0. The number of benzene rings is 5. The highest BCUT2D eigenvalue weighted by molar-refractivity contribution is 5.92. The van der Waals surface area contributed by atoms with Gasteiger partial charge in [0.1, 0.15) is 0 Å². The number of rotatable bonds is 6. The van der Waals surface area contributed by atoms with E-state index in [2.05, 4.69) is 201 Å². The number of fused-ring (bicyclic) bond motifs is 3. The van der Waals surface area contributed by atoms with Crippen LogP contribution in [0.4, 0.5) is 0 Å². The van der Waals surface area contributed by atoms with E-state index >= 15 is 0 Å². The molecule has 2 heteroatoms. The minimum atomic E-state index is 0.626. The third-order valence-corrected chi connectivity index (χ3v) is 11.8. The molecule has 0 spiro atoms. The minimum Gasteiger partial charge on any atom is -0.313 e. The monoisotopic (exact) mass is 726 g/mol. The van der Waals surface area contributed by atoms with E-state index in [9.17, 15) is 0 Å². The zero-order valence-electron chi connectivity index (χ0n) is 33.1. The smallest absolute Gasteiger partial charge is 0.0535 e. The van der Waals surface area contributed by atoms with E-state index in [1.165, 1.54) is 95.7 Å². The van der Waals surface area contributed by atoms with E-state index in [1.807, 2.05) is 0 Å². The van der Waals surface area contributed by atoms with Crippen LogP contribution in [-0.4, -0.2) is 9.13 Å². The first-order chi connectivity index (χ1) is 27.4. The summed E-state index contributed by atoms with van der Waals surface area (Å²) in [4.78, 5) is 0. The summed E-state index contributed by atoms with van der Waals surface area (Å²) in [5, 5.41) is 1.38. The quantitative estimate of drug-likeness (QED) is 0.151. The fourth-order valence-electron chi connectivity index (χ4n) is 8.63. The van der Waals surface area contributed by atoms with E-state index < -0.39 is 0 Å². The molecule has 56 heavy (non-hydrogen) atoms. The predicted octanol–water partition coefficient (Wildman–Crippen LogP) is 14.4. The van der Waals surface area contributed by atoms with Gasteiger partial charge in [-0.25, -0.2) is 0 Å². The summed E-state index contributed by atoms with van der Waals surface area (Å²) in [7, 11) is 0.